The van der Waals surface area contributed by atoms with Crippen LogP contribution in [0, 0.1) is 20.8 Å². The number of aryl methyl sites for hydroxylation is 3. The highest BCUT2D eigenvalue weighted by molar-refractivity contribution is 7.18. The quantitative estimate of drug-likeness (QED) is 0.645. The van der Waals surface area contributed by atoms with E-state index in [0.29, 0.717) is 6.04 Å². The van der Waals surface area contributed by atoms with Crippen molar-refractivity contribution in [2.75, 3.05) is 12.7 Å². The van der Waals surface area contributed by atoms with Crippen LogP contribution in [-0.2, 0) is 6.04 Å². The topological polar surface area (TPSA) is 54.8 Å². The second-order valence-corrected chi connectivity index (χ2v) is 11.1. The number of hydrogen-bond acceptors (Lipinski definition) is 6. The van der Waals surface area contributed by atoms with E-state index < -0.39 is 8.80 Å². The zero-order valence-electron chi connectivity index (χ0n) is 15.8. The van der Waals surface area contributed by atoms with Gasteiger partial charge in [-0.2, -0.15) is 0 Å². The van der Waals surface area contributed by atoms with Crippen LogP contribution in [0.4, 0.5) is 0 Å². The summed E-state index contributed by atoms with van der Waals surface area (Å²) in [5.41, 5.74) is 4.33. The molecule has 5 nitrogen and oxygen atoms in total. The van der Waals surface area contributed by atoms with Crippen LogP contribution in [0.2, 0.25) is 6.04 Å². The molecule has 1 aliphatic rings. The van der Waals surface area contributed by atoms with Crippen LogP contribution < -0.4 is 0 Å². The van der Waals surface area contributed by atoms with Crippen molar-refractivity contribution in [1.82, 2.24) is 24.8 Å². The molecule has 1 unspecified atom stereocenters. The van der Waals surface area contributed by atoms with Crippen molar-refractivity contribution in [2.24, 2.45) is 0 Å². The second kappa shape index (κ2) is 7.13. The van der Waals surface area contributed by atoms with Crippen molar-refractivity contribution in [3.63, 3.8) is 0 Å². The molecule has 3 aromatic rings. The average Bonchev–Trinajstić information content (AvgIpc) is 3.17. The molecule has 0 N–H and O–H groups in total. The maximum Gasteiger partial charge on any atom is 0.170 e. The standard InChI is InChI=1S/C19H24N5SSi/c1-12-9-16(21-14(3)20-12)10-26-8-7-24(11-26)13(2)17-5-6-18-19(23-17)22-15(4)25-18/h5-6,9,13H,7-8,10-11H2,1-4H3. The summed E-state index contributed by atoms with van der Waals surface area (Å²) in [6.07, 6.45) is 1.20. The van der Waals surface area contributed by atoms with Crippen molar-refractivity contribution < 1.29 is 0 Å². The first-order valence-corrected chi connectivity index (χ1v) is 12.0. The van der Waals surface area contributed by atoms with Crippen LogP contribution in [0.1, 0.15) is 40.9 Å². The van der Waals surface area contributed by atoms with E-state index in [4.69, 9.17) is 4.98 Å². The summed E-state index contributed by atoms with van der Waals surface area (Å²) in [5.74, 6) is 0.891. The minimum Gasteiger partial charge on any atom is -0.298 e. The zero-order valence-corrected chi connectivity index (χ0v) is 17.6. The van der Waals surface area contributed by atoms with Gasteiger partial charge in [0.05, 0.1) is 24.2 Å². The molecule has 4 heterocycles. The molecule has 0 spiro atoms. The fraction of sp³-hybridized carbons (Fsp3) is 0.474. The van der Waals surface area contributed by atoms with E-state index >= 15 is 0 Å². The molecule has 1 atom stereocenters. The van der Waals surface area contributed by atoms with Gasteiger partial charge in [-0.05, 0) is 70.7 Å². The Bertz CT molecular complexity index is 921. The smallest absolute Gasteiger partial charge is 0.170 e. The normalized spacial score (nSPS) is 17.2. The lowest BCUT2D eigenvalue weighted by Gasteiger charge is -2.23. The zero-order chi connectivity index (χ0) is 18.3. The minimum absolute atomic E-state index is 0.345. The van der Waals surface area contributed by atoms with Crippen molar-refractivity contribution in [1.29, 1.82) is 0 Å². The molecule has 0 saturated carbocycles. The van der Waals surface area contributed by atoms with Gasteiger partial charge in [0.2, 0.25) is 0 Å². The molecule has 0 bridgehead atoms. The van der Waals surface area contributed by atoms with Crippen LogP contribution in [0.5, 0.6) is 0 Å². The number of pyridine rings is 1. The van der Waals surface area contributed by atoms with Crippen LogP contribution >= 0.6 is 11.3 Å². The number of hydrogen-bond donors (Lipinski definition) is 0. The third kappa shape index (κ3) is 3.70. The molecule has 3 aromatic heterocycles. The van der Waals surface area contributed by atoms with Crippen molar-refractivity contribution in [3.8, 4) is 0 Å². The van der Waals surface area contributed by atoms with Gasteiger partial charge in [0, 0.05) is 17.4 Å². The predicted molar refractivity (Wildman–Crippen MR) is 108 cm³/mol. The Morgan fingerprint density at radius 3 is 2.81 bits per heavy atom. The Morgan fingerprint density at radius 1 is 1.15 bits per heavy atom. The lowest BCUT2D eigenvalue weighted by Crippen LogP contribution is -2.29. The molecule has 4 rings (SSSR count). The average molecular weight is 383 g/mol. The fourth-order valence-corrected chi connectivity index (χ4v) is 7.24. The molecule has 0 amide bonds. The molecular weight excluding hydrogens is 358 g/mol. The van der Waals surface area contributed by atoms with Crippen LogP contribution in [0.15, 0.2) is 18.2 Å². The fourth-order valence-electron chi connectivity index (χ4n) is 3.72. The molecule has 1 saturated heterocycles. The first kappa shape index (κ1) is 17.7. The number of thiazole rings is 1. The monoisotopic (exact) mass is 382 g/mol. The highest BCUT2D eigenvalue weighted by atomic mass is 32.1. The summed E-state index contributed by atoms with van der Waals surface area (Å²) in [4.78, 5) is 21.0. The van der Waals surface area contributed by atoms with Gasteiger partial charge in [-0.25, -0.2) is 19.9 Å². The van der Waals surface area contributed by atoms with Gasteiger partial charge in [-0.15, -0.1) is 11.3 Å². The maximum absolute atomic E-state index is 4.82. The third-order valence-electron chi connectivity index (χ3n) is 4.99. The highest BCUT2D eigenvalue weighted by Crippen LogP contribution is 2.27. The van der Waals surface area contributed by atoms with Gasteiger partial charge >= 0.3 is 0 Å². The van der Waals surface area contributed by atoms with E-state index in [1.807, 2.05) is 13.8 Å². The Labute approximate surface area is 160 Å². The van der Waals surface area contributed by atoms with E-state index in [-0.39, 0.29) is 0 Å². The lowest BCUT2D eigenvalue weighted by molar-refractivity contribution is 0.270. The van der Waals surface area contributed by atoms with Crippen LogP contribution in [0.25, 0.3) is 10.3 Å². The minimum atomic E-state index is -0.441. The molecule has 26 heavy (non-hydrogen) atoms. The van der Waals surface area contributed by atoms with Gasteiger partial charge in [0.1, 0.15) is 5.82 Å². The van der Waals surface area contributed by atoms with E-state index in [9.17, 15) is 0 Å². The Balaban J connectivity index is 1.45. The molecule has 135 valence electrons. The van der Waals surface area contributed by atoms with Gasteiger partial charge in [0.25, 0.3) is 0 Å². The van der Waals surface area contributed by atoms with Crippen molar-refractivity contribution in [3.05, 3.63) is 46.1 Å². The number of fused-ring (bicyclic) bond motifs is 1. The molecule has 0 aromatic carbocycles. The SMILES string of the molecule is Cc1cc(C[Si]2CCN(C(C)c3ccc4sc(C)nc4n3)C2)nc(C)n1. The van der Waals surface area contributed by atoms with Crippen molar-refractivity contribution >= 4 is 30.5 Å². The summed E-state index contributed by atoms with van der Waals surface area (Å²) < 4.78 is 1.18. The molecule has 0 aliphatic carbocycles. The van der Waals surface area contributed by atoms with E-state index in [1.165, 1.54) is 22.6 Å². The molecular formula is C19H24N5SSi. The summed E-state index contributed by atoms with van der Waals surface area (Å²) in [6.45, 7) is 9.52. The lowest BCUT2D eigenvalue weighted by atomic mass is 10.2. The van der Waals surface area contributed by atoms with Crippen LogP contribution in [0.3, 0.4) is 0 Å². The molecule has 1 aliphatic heterocycles. The Morgan fingerprint density at radius 2 is 2.00 bits per heavy atom. The van der Waals surface area contributed by atoms with Gasteiger partial charge in [-0.3, -0.25) is 4.90 Å². The number of aromatic nitrogens is 4. The maximum atomic E-state index is 4.82. The molecule has 1 fully saturated rings. The molecule has 1 radical (unpaired) electrons. The first-order valence-electron chi connectivity index (χ1n) is 9.11. The van der Waals surface area contributed by atoms with E-state index in [1.54, 1.807) is 11.3 Å². The first-order chi connectivity index (χ1) is 12.5. The third-order valence-corrected chi connectivity index (χ3v) is 8.56. The van der Waals surface area contributed by atoms with Crippen molar-refractivity contribution in [2.45, 2.75) is 45.8 Å². The number of nitrogens with zero attached hydrogens (tertiary/aromatic N) is 5. The highest BCUT2D eigenvalue weighted by Gasteiger charge is 2.29. The Kier molecular flexibility index (Phi) is 4.86. The van der Waals surface area contributed by atoms with E-state index in [2.05, 4.69) is 51.9 Å². The molecule has 7 heteroatoms. The van der Waals surface area contributed by atoms with Gasteiger partial charge < -0.3 is 0 Å². The summed E-state index contributed by atoms with van der Waals surface area (Å²) in [6, 6.07) is 9.29. The second-order valence-electron chi connectivity index (χ2n) is 7.16. The summed E-state index contributed by atoms with van der Waals surface area (Å²) in [5, 5.41) is 1.08. The summed E-state index contributed by atoms with van der Waals surface area (Å²) >= 11 is 1.71. The largest absolute Gasteiger partial charge is 0.298 e. The van der Waals surface area contributed by atoms with Gasteiger partial charge in [0.15, 0.2) is 5.65 Å². The van der Waals surface area contributed by atoms with E-state index in [0.717, 1.165) is 40.5 Å². The van der Waals surface area contributed by atoms with Gasteiger partial charge in [-0.1, -0.05) is 0 Å². The predicted octanol–water partition coefficient (Wildman–Crippen LogP) is 3.60. The summed E-state index contributed by atoms with van der Waals surface area (Å²) in [7, 11) is -0.441. The number of rotatable bonds is 4. The van der Waals surface area contributed by atoms with Crippen LogP contribution in [-0.4, -0.2) is 46.3 Å². The Hall–Kier alpha value is -1.70.